The normalized spacial score (nSPS) is 26.3. The average molecular weight is 457 g/mol. The predicted molar refractivity (Wildman–Crippen MR) is 104 cm³/mol. The van der Waals surface area contributed by atoms with E-state index < -0.39 is 35.0 Å². The van der Waals surface area contributed by atoms with Gasteiger partial charge < -0.3 is 10.1 Å². The van der Waals surface area contributed by atoms with Crippen LogP contribution in [0.5, 0.6) is 0 Å². The Kier molecular flexibility index (Phi) is 5.31. The molecular weight excluding hydrogens is 436 g/mol. The highest BCUT2D eigenvalue weighted by molar-refractivity contribution is 5.85. The van der Waals surface area contributed by atoms with Gasteiger partial charge in [-0.2, -0.15) is 26.3 Å². The van der Waals surface area contributed by atoms with Crippen molar-refractivity contribution in [3.8, 4) is 0 Å². The molecule has 1 aliphatic heterocycles. The molecule has 2 aromatic rings. The second kappa shape index (κ2) is 7.50. The Morgan fingerprint density at radius 3 is 1.97 bits per heavy atom. The average Bonchev–Trinajstić information content (AvgIpc) is 2.67. The summed E-state index contributed by atoms with van der Waals surface area (Å²) in [6, 6.07) is 10.9. The molecule has 1 unspecified atom stereocenters. The van der Waals surface area contributed by atoms with E-state index in [9.17, 15) is 31.1 Å². The molecule has 1 aliphatic carbocycles. The molecule has 9 heteroatoms. The summed E-state index contributed by atoms with van der Waals surface area (Å²) in [6.07, 6.45) is -9.23. The smallest absolute Gasteiger partial charge is 0.373 e. The fraction of sp³-hybridized carbons (Fsp3) is 0.435. The largest absolute Gasteiger partial charge is 0.416 e. The minimum absolute atomic E-state index is 0.0374. The minimum atomic E-state index is -4.91. The summed E-state index contributed by atoms with van der Waals surface area (Å²) in [5, 5.41) is 2.90. The SMILES string of the molecule is CC(OCC1(c2ccccc2)CC2(CC(=O)N2)C1)c1cc(C(F)(F)F)cc(C(F)(F)F)c1. The lowest BCUT2D eigenvalue weighted by atomic mass is 9.51. The second-order valence-corrected chi connectivity index (χ2v) is 8.80. The molecule has 1 heterocycles. The number of carbonyl (C=O) groups is 1. The third-order valence-electron chi connectivity index (χ3n) is 6.33. The van der Waals surface area contributed by atoms with Crippen LogP contribution < -0.4 is 5.32 Å². The monoisotopic (exact) mass is 457 g/mol. The maximum absolute atomic E-state index is 13.2. The molecule has 1 N–H and O–H groups in total. The maximum Gasteiger partial charge on any atom is 0.416 e. The van der Waals surface area contributed by atoms with Crippen LogP contribution in [-0.4, -0.2) is 18.1 Å². The van der Waals surface area contributed by atoms with Crippen LogP contribution in [-0.2, 0) is 27.3 Å². The van der Waals surface area contributed by atoms with Crippen molar-refractivity contribution in [1.82, 2.24) is 5.32 Å². The molecule has 1 spiro atoms. The van der Waals surface area contributed by atoms with Gasteiger partial charge in [-0.1, -0.05) is 30.3 Å². The number of ether oxygens (including phenoxy) is 1. The van der Waals surface area contributed by atoms with Gasteiger partial charge in [-0.25, -0.2) is 0 Å². The van der Waals surface area contributed by atoms with Crippen molar-refractivity contribution in [2.24, 2.45) is 0 Å². The van der Waals surface area contributed by atoms with E-state index in [1.165, 1.54) is 6.92 Å². The fourth-order valence-corrected chi connectivity index (χ4v) is 4.82. The number of rotatable bonds is 5. The van der Waals surface area contributed by atoms with Gasteiger partial charge in [-0.05, 0) is 49.1 Å². The van der Waals surface area contributed by atoms with E-state index in [1.54, 1.807) is 0 Å². The molecule has 2 aliphatic rings. The highest BCUT2D eigenvalue weighted by atomic mass is 19.4. The first-order valence-electron chi connectivity index (χ1n) is 10.1. The van der Waals surface area contributed by atoms with Gasteiger partial charge in [0.1, 0.15) is 0 Å². The van der Waals surface area contributed by atoms with Gasteiger partial charge in [-0.15, -0.1) is 0 Å². The molecule has 2 fully saturated rings. The van der Waals surface area contributed by atoms with E-state index in [1.807, 2.05) is 30.3 Å². The van der Waals surface area contributed by atoms with Crippen molar-refractivity contribution in [3.63, 3.8) is 0 Å². The standard InChI is InChI=1S/C23H21F6NO2/c1-14(15-7-17(22(24,25)26)9-18(8-15)23(27,28)29)32-13-20(16-5-3-2-4-6-16)11-21(12-20)10-19(31)30-21/h2-9,14H,10-13H2,1H3,(H,30,31). The molecule has 0 bridgehead atoms. The van der Waals surface area contributed by atoms with Crippen LogP contribution in [0.4, 0.5) is 26.3 Å². The van der Waals surface area contributed by atoms with Crippen LogP contribution >= 0.6 is 0 Å². The summed E-state index contributed by atoms with van der Waals surface area (Å²) >= 11 is 0. The molecule has 0 radical (unpaired) electrons. The lowest BCUT2D eigenvalue weighted by molar-refractivity contribution is -0.145. The van der Waals surface area contributed by atoms with Crippen molar-refractivity contribution >= 4 is 5.91 Å². The summed E-state index contributed by atoms with van der Waals surface area (Å²) in [5.74, 6) is -0.0374. The molecule has 1 atom stereocenters. The van der Waals surface area contributed by atoms with Crippen LogP contribution in [0.25, 0.3) is 0 Å². The van der Waals surface area contributed by atoms with E-state index in [-0.39, 0.29) is 29.7 Å². The number of carbonyl (C=O) groups excluding carboxylic acids is 1. The number of β-lactam (4-membered cyclic amide) rings is 1. The van der Waals surface area contributed by atoms with E-state index in [2.05, 4.69) is 5.32 Å². The van der Waals surface area contributed by atoms with Gasteiger partial charge in [0, 0.05) is 11.8 Å². The number of nitrogens with one attached hydrogen (secondary N) is 1. The molecule has 172 valence electrons. The first kappa shape index (κ1) is 22.6. The fourth-order valence-electron chi connectivity index (χ4n) is 4.82. The zero-order valence-electron chi connectivity index (χ0n) is 17.1. The number of amides is 1. The van der Waals surface area contributed by atoms with Gasteiger partial charge in [0.15, 0.2) is 0 Å². The molecular formula is C23H21F6NO2. The van der Waals surface area contributed by atoms with Gasteiger partial charge >= 0.3 is 12.4 Å². The zero-order valence-corrected chi connectivity index (χ0v) is 17.1. The number of hydrogen-bond acceptors (Lipinski definition) is 2. The van der Waals surface area contributed by atoms with Crippen LogP contribution in [0.15, 0.2) is 48.5 Å². The summed E-state index contributed by atoms with van der Waals surface area (Å²) in [6.45, 7) is 1.54. The first-order valence-corrected chi connectivity index (χ1v) is 10.1. The van der Waals surface area contributed by atoms with Crippen LogP contribution in [0.2, 0.25) is 0 Å². The first-order chi connectivity index (χ1) is 14.8. The molecule has 2 aromatic carbocycles. The molecule has 32 heavy (non-hydrogen) atoms. The van der Waals surface area contributed by atoms with Crippen molar-refractivity contribution in [3.05, 3.63) is 70.8 Å². The molecule has 1 amide bonds. The van der Waals surface area contributed by atoms with Gasteiger partial charge in [-0.3, -0.25) is 4.79 Å². The molecule has 4 rings (SSSR count). The topological polar surface area (TPSA) is 38.3 Å². The third-order valence-corrected chi connectivity index (χ3v) is 6.33. The van der Waals surface area contributed by atoms with E-state index in [0.717, 1.165) is 5.56 Å². The molecule has 3 nitrogen and oxygen atoms in total. The highest BCUT2D eigenvalue weighted by Gasteiger charge is 2.61. The number of halogens is 6. The second-order valence-electron chi connectivity index (χ2n) is 8.80. The maximum atomic E-state index is 13.2. The van der Waals surface area contributed by atoms with Gasteiger partial charge in [0.2, 0.25) is 5.91 Å². The summed E-state index contributed by atoms with van der Waals surface area (Å²) in [7, 11) is 0. The van der Waals surface area contributed by atoms with Crippen LogP contribution in [0.3, 0.4) is 0 Å². The molecule has 0 aromatic heterocycles. The Morgan fingerprint density at radius 2 is 1.50 bits per heavy atom. The third kappa shape index (κ3) is 4.22. The number of benzene rings is 2. The van der Waals surface area contributed by atoms with Crippen molar-refractivity contribution in [1.29, 1.82) is 0 Å². The lowest BCUT2D eigenvalue weighted by Crippen LogP contribution is -2.72. The van der Waals surface area contributed by atoms with E-state index in [4.69, 9.17) is 4.74 Å². The Morgan fingerprint density at radius 1 is 0.969 bits per heavy atom. The van der Waals surface area contributed by atoms with Gasteiger partial charge in [0.05, 0.1) is 29.4 Å². The van der Waals surface area contributed by atoms with Gasteiger partial charge in [0.25, 0.3) is 0 Å². The zero-order chi connectivity index (χ0) is 23.4. The van der Waals surface area contributed by atoms with Crippen molar-refractivity contribution in [2.75, 3.05) is 6.61 Å². The minimum Gasteiger partial charge on any atom is -0.373 e. The Labute approximate surface area is 180 Å². The van der Waals surface area contributed by atoms with Crippen LogP contribution in [0, 0.1) is 0 Å². The Bertz CT molecular complexity index is 967. The number of hydrogen-bond donors (Lipinski definition) is 1. The van der Waals surface area contributed by atoms with Crippen molar-refractivity contribution < 1.29 is 35.9 Å². The lowest BCUT2D eigenvalue weighted by Gasteiger charge is -2.60. The predicted octanol–water partition coefficient (Wildman–Crippen LogP) is 5.79. The Balaban J connectivity index is 1.56. The number of alkyl halides is 6. The molecule has 1 saturated carbocycles. The summed E-state index contributed by atoms with van der Waals surface area (Å²) < 4.78 is 84.9. The van der Waals surface area contributed by atoms with Crippen molar-refractivity contribution in [2.45, 2.75) is 55.6 Å². The summed E-state index contributed by atoms with van der Waals surface area (Å²) in [4.78, 5) is 11.4. The highest BCUT2D eigenvalue weighted by Crippen LogP contribution is 2.55. The van der Waals surface area contributed by atoms with E-state index in [0.29, 0.717) is 31.4 Å². The van der Waals surface area contributed by atoms with Crippen LogP contribution in [0.1, 0.15) is 54.5 Å². The quantitative estimate of drug-likeness (QED) is 0.456. The molecule has 1 saturated heterocycles. The van der Waals surface area contributed by atoms with E-state index >= 15 is 0 Å². The summed E-state index contributed by atoms with van der Waals surface area (Å²) in [5.41, 5.74) is -2.75. The Hall–Kier alpha value is -2.55.